The largest absolute Gasteiger partial charge is 0.374 e. The normalized spacial score (nSPS) is 10.2. The molecule has 1 aromatic carbocycles. The molecular weight excluding hydrogens is 202 g/mol. The van der Waals surface area contributed by atoms with Crippen LogP contribution in [0.15, 0.2) is 29.2 Å². The topological polar surface area (TPSA) is 51.8 Å². The molecule has 0 bridgehead atoms. The van der Waals surface area contributed by atoms with Crippen LogP contribution in [-0.2, 0) is 0 Å². The summed E-state index contributed by atoms with van der Waals surface area (Å²) < 4.78 is 0. The van der Waals surface area contributed by atoms with Gasteiger partial charge in [-0.05, 0) is 12.1 Å². The lowest BCUT2D eigenvalue weighted by atomic mass is 10.2. The fourth-order valence-corrected chi connectivity index (χ4v) is 1.72. The van der Waals surface area contributed by atoms with E-state index in [1.165, 1.54) is 11.3 Å². The van der Waals surface area contributed by atoms with Gasteiger partial charge in [-0.15, -0.1) is 22.8 Å². The summed E-state index contributed by atoms with van der Waals surface area (Å²) in [6.07, 6.45) is 0. The number of nitrogens with two attached hydrogens (primary N) is 1. The van der Waals surface area contributed by atoms with Crippen molar-refractivity contribution in [3.05, 3.63) is 24.3 Å². The van der Waals surface area contributed by atoms with Gasteiger partial charge in [0, 0.05) is 10.5 Å². The highest BCUT2D eigenvalue weighted by atomic mass is 32.1. The van der Waals surface area contributed by atoms with Gasteiger partial charge < -0.3 is 5.73 Å². The summed E-state index contributed by atoms with van der Waals surface area (Å²) >= 11 is 5.57. The minimum absolute atomic E-state index is 0.491. The van der Waals surface area contributed by atoms with E-state index < -0.39 is 0 Å². The van der Waals surface area contributed by atoms with Gasteiger partial charge in [-0.25, -0.2) is 0 Å². The Balaban J connectivity index is 2.41. The second kappa shape index (κ2) is 3.35. The molecule has 2 rings (SSSR count). The number of anilines is 1. The van der Waals surface area contributed by atoms with E-state index in [1.807, 2.05) is 24.3 Å². The van der Waals surface area contributed by atoms with Crippen LogP contribution in [0, 0.1) is 0 Å². The molecule has 66 valence electrons. The standard InChI is InChI=1S/C8H7N3S2/c9-8-11-10-7(13-8)5-1-3-6(12)4-2-5/h1-4,12H,(H2,9,11). The molecule has 2 N–H and O–H groups in total. The van der Waals surface area contributed by atoms with E-state index in [2.05, 4.69) is 22.8 Å². The predicted molar refractivity (Wildman–Crippen MR) is 57.0 cm³/mol. The van der Waals surface area contributed by atoms with Crippen molar-refractivity contribution in [3.63, 3.8) is 0 Å². The molecule has 0 fully saturated rings. The zero-order valence-electron chi connectivity index (χ0n) is 6.64. The number of thiol groups is 1. The van der Waals surface area contributed by atoms with Crippen LogP contribution in [0.25, 0.3) is 10.6 Å². The maximum Gasteiger partial charge on any atom is 0.203 e. The minimum atomic E-state index is 0.491. The molecule has 13 heavy (non-hydrogen) atoms. The molecule has 0 aliphatic heterocycles. The fourth-order valence-electron chi connectivity index (χ4n) is 0.955. The average molecular weight is 209 g/mol. The van der Waals surface area contributed by atoms with Crippen molar-refractivity contribution in [1.29, 1.82) is 0 Å². The fraction of sp³-hybridized carbons (Fsp3) is 0. The molecule has 1 heterocycles. The van der Waals surface area contributed by atoms with Crippen LogP contribution in [0.4, 0.5) is 5.13 Å². The van der Waals surface area contributed by atoms with Gasteiger partial charge in [0.2, 0.25) is 5.13 Å². The van der Waals surface area contributed by atoms with Crippen LogP contribution in [0.2, 0.25) is 0 Å². The molecule has 0 unspecified atom stereocenters. The first kappa shape index (κ1) is 8.52. The third-order valence-electron chi connectivity index (χ3n) is 1.55. The number of nitrogens with zero attached hydrogens (tertiary/aromatic N) is 2. The number of hydrogen-bond donors (Lipinski definition) is 2. The molecule has 0 saturated carbocycles. The summed E-state index contributed by atoms with van der Waals surface area (Å²) in [6.45, 7) is 0. The van der Waals surface area contributed by atoms with E-state index in [9.17, 15) is 0 Å². The lowest BCUT2D eigenvalue weighted by molar-refractivity contribution is 1.10. The number of nitrogen functional groups attached to an aromatic ring is 1. The zero-order valence-corrected chi connectivity index (χ0v) is 8.35. The van der Waals surface area contributed by atoms with Gasteiger partial charge in [0.25, 0.3) is 0 Å². The zero-order chi connectivity index (χ0) is 9.26. The van der Waals surface area contributed by atoms with Gasteiger partial charge in [-0.3, -0.25) is 0 Å². The van der Waals surface area contributed by atoms with Crippen molar-refractivity contribution < 1.29 is 0 Å². The quantitative estimate of drug-likeness (QED) is 0.707. The lowest BCUT2D eigenvalue weighted by Gasteiger charge is -1.94. The number of aromatic nitrogens is 2. The Morgan fingerprint density at radius 3 is 2.38 bits per heavy atom. The highest BCUT2D eigenvalue weighted by molar-refractivity contribution is 7.80. The number of hydrogen-bond acceptors (Lipinski definition) is 5. The number of benzene rings is 1. The second-order valence-electron chi connectivity index (χ2n) is 2.49. The van der Waals surface area contributed by atoms with Gasteiger partial charge in [-0.1, -0.05) is 23.5 Å². The molecule has 0 aliphatic rings. The highest BCUT2D eigenvalue weighted by Crippen LogP contribution is 2.25. The molecule has 0 radical (unpaired) electrons. The van der Waals surface area contributed by atoms with Crippen molar-refractivity contribution in [2.75, 3.05) is 5.73 Å². The van der Waals surface area contributed by atoms with Crippen LogP contribution in [0.3, 0.4) is 0 Å². The minimum Gasteiger partial charge on any atom is -0.374 e. The van der Waals surface area contributed by atoms with Crippen LogP contribution >= 0.6 is 24.0 Å². The summed E-state index contributed by atoms with van der Waals surface area (Å²) in [6, 6.07) is 7.72. The predicted octanol–water partition coefficient (Wildman–Crippen LogP) is 2.08. The summed E-state index contributed by atoms with van der Waals surface area (Å²) in [5.41, 5.74) is 6.50. The maximum absolute atomic E-state index is 5.48. The van der Waals surface area contributed by atoms with Crippen molar-refractivity contribution >= 4 is 29.1 Å². The molecule has 0 spiro atoms. The molecule has 2 aromatic rings. The summed E-state index contributed by atoms with van der Waals surface area (Å²) in [4.78, 5) is 0.932. The smallest absolute Gasteiger partial charge is 0.203 e. The molecule has 3 nitrogen and oxygen atoms in total. The van der Waals surface area contributed by atoms with E-state index in [4.69, 9.17) is 5.73 Å². The van der Waals surface area contributed by atoms with Crippen molar-refractivity contribution in [3.8, 4) is 10.6 Å². The van der Waals surface area contributed by atoms with Crippen LogP contribution < -0.4 is 5.73 Å². The van der Waals surface area contributed by atoms with Crippen LogP contribution in [-0.4, -0.2) is 10.2 Å². The van der Waals surface area contributed by atoms with Gasteiger partial charge in [0.1, 0.15) is 5.01 Å². The number of rotatable bonds is 1. The lowest BCUT2D eigenvalue weighted by Crippen LogP contribution is -1.80. The first-order valence-corrected chi connectivity index (χ1v) is 4.90. The Hall–Kier alpha value is -1.07. The van der Waals surface area contributed by atoms with Gasteiger partial charge in [0.15, 0.2) is 0 Å². The second-order valence-corrected chi connectivity index (χ2v) is 4.02. The van der Waals surface area contributed by atoms with Gasteiger partial charge in [-0.2, -0.15) is 0 Å². The Morgan fingerprint density at radius 1 is 1.15 bits per heavy atom. The van der Waals surface area contributed by atoms with Crippen molar-refractivity contribution in [1.82, 2.24) is 10.2 Å². The molecule has 0 saturated heterocycles. The van der Waals surface area contributed by atoms with Crippen molar-refractivity contribution in [2.45, 2.75) is 4.90 Å². The highest BCUT2D eigenvalue weighted by Gasteiger charge is 2.02. The monoisotopic (exact) mass is 209 g/mol. The van der Waals surface area contributed by atoms with Crippen molar-refractivity contribution in [2.24, 2.45) is 0 Å². The van der Waals surface area contributed by atoms with Crippen LogP contribution in [0.1, 0.15) is 0 Å². The van der Waals surface area contributed by atoms with E-state index in [1.54, 1.807) is 0 Å². The molecule has 0 amide bonds. The molecule has 1 aromatic heterocycles. The van der Waals surface area contributed by atoms with Gasteiger partial charge in [0.05, 0.1) is 0 Å². The van der Waals surface area contributed by atoms with E-state index in [-0.39, 0.29) is 0 Å². The van der Waals surface area contributed by atoms with Gasteiger partial charge >= 0.3 is 0 Å². The first-order valence-electron chi connectivity index (χ1n) is 3.64. The Kier molecular flexibility index (Phi) is 2.20. The van der Waals surface area contributed by atoms with E-state index >= 15 is 0 Å². The Morgan fingerprint density at radius 2 is 1.85 bits per heavy atom. The molecule has 0 aliphatic carbocycles. The average Bonchev–Trinajstić information content (AvgIpc) is 2.53. The van der Waals surface area contributed by atoms with Crippen LogP contribution in [0.5, 0.6) is 0 Å². The summed E-state index contributed by atoms with van der Waals surface area (Å²) in [5, 5.41) is 9.01. The summed E-state index contributed by atoms with van der Waals surface area (Å²) in [5.74, 6) is 0. The molecular formula is C8H7N3S2. The third-order valence-corrected chi connectivity index (χ3v) is 2.65. The van der Waals surface area contributed by atoms with E-state index in [0.717, 1.165) is 15.5 Å². The van der Waals surface area contributed by atoms with E-state index in [0.29, 0.717) is 5.13 Å². The molecule has 5 heteroatoms. The SMILES string of the molecule is Nc1nnc(-c2ccc(S)cc2)s1. The third kappa shape index (κ3) is 1.81. The maximum atomic E-state index is 5.48. The summed E-state index contributed by atoms with van der Waals surface area (Å²) in [7, 11) is 0. The first-order chi connectivity index (χ1) is 6.25. The molecule has 0 atom stereocenters. The Bertz CT molecular complexity index is 408. The Labute approximate surface area is 85.0 Å².